The molecule has 17 heavy (non-hydrogen) atoms. The Hall–Kier alpha value is -0.610. The Balaban J connectivity index is 2.63. The zero-order valence-electron chi connectivity index (χ0n) is 11.5. The van der Waals surface area contributed by atoms with E-state index in [0.29, 0.717) is 18.5 Å². The summed E-state index contributed by atoms with van der Waals surface area (Å²) in [6, 6.07) is 0.637. The number of ether oxygens (including phenoxy) is 1. The predicted molar refractivity (Wildman–Crippen MR) is 68.7 cm³/mol. The average Bonchev–Trinajstić information content (AvgIpc) is 2.37. The fourth-order valence-electron chi connectivity index (χ4n) is 2.41. The molecule has 0 aromatic rings. The van der Waals surface area contributed by atoms with Crippen LogP contribution in [0.2, 0.25) is 0 Å². The van der Waals surface area contributed by atoms with E-state index in [1.54, 1.807) is 7.11 Å². The molecule has 1 fully saturated rings. The molecular formula is C13H26N2O2. The lowest BCUT2D eigenvalue weighted by Crippen LogP contribution is -2.51. The van der Waals surface area contributed by atoms with E-state index in [4.69, 9.17) is 10.5 Å². The smallest absolute Gasteiger partial charge is 0.254 e. The first kappa shape index (κ1) is 14.5. The van der Waals surface area contributed by atoms with Crippen LogP contribution in [0.15, 0.2) is 0 Å². The molecule has 0 aromatic heterocycles. The molecule has 0 spiro atoms. The molecular weight excluding hydrogens is 216 g/mol. The van der Waals surface area contributed by atoms with Crippen molar-refractivity contribution >= 4 is 5.91 Å². The minimum atomic E-state index is -0.686. The highest BCUT2D eigenvalue weighted by molar-refractivity contribution is 5.84. The third-order valence-corrected chi connectivity index (χ3v) is 4.19. The first-order valence-corrected chi connectivity index (χ1v) is 6.52. The number of rotatable bonds is 4. The van der Waals surface area contributed by atoms with Crippen LogP contribution >= 0.6 is 0 Å². The van der Waals surface area contributed by atoms with Gasteiger partial charge in [0.2, 0.25) is 0 Å². The fraction of sp³-hybridized carbons (Fsp3) is 0.923. The van der Waals surface area contributed by atoms with Crippen LogP contribution in [0.5, 0.6) is 0 Å². The number of carbonyl (C=O) groups is 1. The standard InChI is InChI=1S/C13H26N2O2/c1-5-13(2,17-4)12(16)15(3)11-8-6-10(14)7-9-11/h10-11H,5-9,14H2,1-4H3. The van der Waals surface area contributed by atoms with Crippen molar-refractivity contribution in [3.63, 3.8) is 0 Å². The number of hydrogen-bond donors (Lipinski definition) is 1. The molecule has 4 nitrogen and oxygen atoms in total. The van der Waals surface area contributed by atoms with Crippen LogP contribution in [-0.4, -0.2) is 42.6 Å². The SMILES string of the molecule is CCC(C)(OC)C(=O)N(C)C1CCC(N)CC1. The summed E-state index contributed by atoms with van der Waals surface area (Å²) in [6.07, 6.45) is 4.73. The summed E-state index contributed by atoms with van der Waals surface area (Å²) in [7, 11) is 3.49. The van der Waals surface area contributed by atoms with Crippen LogP contribution in [0, 0.1) is 0 Å². The van der Waals surface area contributed by atoms with Gasteiger partial charge in [0.1, 0.15) is 5.60 Å². The Morgan fingerprint density at radius 2 is 1.94 bits per heavy atom. The van der Waals surface area contributed by atoms with Crippen molar-refractivity contribution < 1.29 is 9.53 Å². The summed E-state index contributed by atoms with van der Waals surface area (Å²) in [6.45, 7) is 3.84. The largest absolute Gasteiger partial charge is 0.369 e. The van der Waals surface area contributed by atoms with E-state index < -0.39 is 5.60 Å². The number of methoxy groups -OCH3 is 1. The Bertz CT molecular complexity index is 256. The van der Waals surface area contributed by atoms with Crippen molar-refractivity contribution in [2.75, 3.05) is 14.2 Å². The molecule has 0 aromatic carbocycles. The van der Waals surface area contributed by atoms with E-state index in [-0.39, 0.29) is 5.91 Å². The van der Waals surface area contributed by atoms with Gasteiger partial charge in [0.15, 0.2) is 0 Å². The lowest BCUT2D eigenvalue weighted by atomic mass is 9.89. The van der Waals surface area contributed by atoms with Crippen molar-refractivity contribution in [2.24, 2.45) is 5.73 Å². The van der Waals surface area contributed by atoms with Gasteiger partial charge in [0.25, 0.3) is 5.91 Å². The van der Waals surface area contributed by atoms with E-state index in [9.17, 15) is 4.79 Å². The van der Waals surface area contributed by atoms with E-state index in [1.165, 1.54) is 0 Å². The van der Waals surface area contributed by atoms with Gasteiger partial charge in [-0.05, 0) is 39.0 Å². The van der Waals surface area contributed by atoms with Crippen LogP contribution in [0.25, 0.3) is 0 Å². The van der Waals surface area contributed by atoms with Gasteiger partial charge in [-0.3, -0.25) is 4.79 Å². The third kappa shape index (κ3) is 3.19. The molecule has 0 heterocycles. The van der Waals surface area contributed by atoms with Crippen molar-refractivity contribution in [1.82, 2.24) is 4.90 Å². The Morgan fingerprint density at radius 1 is 1.41 bits per heavy atom. The van der Waals surface area contributed by atoms with Gasteiger partial charge >= 0.3 is 0 Å². The van der Waals surface area contributed by atoms with E-state index in [0.717, 1.165) is 25.7 Å². The molecule has 4 heteroatoms. The van der Waals surface area contributed by atoms with Gasteiger partial charge < -0.3 is 15.4 Å². The maximum absolute atomic E-state index is 12.4. The Kier molecular flexibility index (Phi) is 4.95. The van der Waals surface area contributed by atoms with E-state index >= 15 is 0 Å². The lowest BCUT2D eigenvalue weighted by molar-refractivity contribution is -0.154. The summed E-state index contributed by atoms with van der Waals surface area (Å²) in [5.74, 6) is 0.0861. The van der Waals surface area contributed by atoms with Gasteiger partial charge in [-0.1, -0.05) is 6.92 Å². The molecule has 2 N–H and O–H groups in total. The van der Waals surface area contributed by atoms with Crippen molar-refractivity contribution in [3.05, 3.63) is 0 Å². The molecule has 1 atom stereocenters. The Labute approximate surface area is 104 Å². The third-order valence-electron chi connectivity index (χ3n) is 4.19. The second-order valence-electron chi connectivity index (χ2n) is 5.27. The monoisotopic (exact) mass is 242 g/mol. The second kappa shape index (κ2) is 5.83. The number of likely N-dealkylation sites (N-methyl/N-ethyl adjacent to an activating group) is 1. The van der Waals surface area contributed by atoms with Crippen LogP contribution in [0.3, 0.4) is 0 Å². The molecule has 0 aliphatic heterocycles. The zero-order valence-corrected chi connectivity index (χ0v) is 11.5. The molecule has 1 aliphatic rings. The van der Waals surface area contributed by atoms with Gasteiger partial charge in [-0.25, -0.2) is 0 Å². The van der Waals surface area contributed by atoms with Crippen LogP contribution in [0.1, 0.15) is 46.0 Å². The van der Waals surface area contributed by atoms with E-state index in [2.05, 4.69) is 0 Å². The van der Waals surface area contributed by atoms with Crippen molar-refractivity contribution in [2.45, 2.75) is 63.6 Å². The summed E-state index contributed by atoms with van der Waals surface area (Å²) in [4.78, 5) is 14.2. The quantitative estimate of drug-likeness (QED) is 0.813. The van der Waals surface area contributed by atoms with Crippen molar-refractivity contribution in [1.29, 1.82) is 0 Å². The molecule has 0 bridgehead atoms. The predicted octanol–water partition coefficient (Wildman–Crippen LogP) is 1.53. The summed E-state index contributed by atoms with van der Waals surface area (Å²) < 4.78 is 5.37. The van der Waals surface area contributed by atoms with Crippen LogP contribution in [-0.2, 0) is 9.53 Å². The van der Waals surface area contributed by atoms with Crippen molar-refractivity contribution in [3.8, 4) is 0 Å². The maximum Gasteiger partial charge on any atom is 0.254 e. The number of carbonyl (C=O) groups excluding carboxylic acids is 1. The van der Waals surface area contributed by atoms with Gasteiger partial charge in [-0.2, -0.15) is 0 Å². The average molecular weight is 242 g/mol. The molecule has 0 radical (unpaired) electrons. The number of hydrogen-bond acceptors (Lipinski definition) is 3. The molecule has 1 saturated carbocycles. The van der Waals surface area contributed by atoms with Gasteiger partial charge in [-0.15, -0.1) is 0 Å². The molecule has 1 aliphatic carbocycles. The molecule has 1 amide bonds. The lowest BCUT2D eigenvalue weighted by Gasteiger charge is -2.38. The normalized spacial score (nSPS) is 28.5. The molecule has 1 unspecified atom stereocenters. The van der Waals surface area contributed by atoms with Crippen LogP contribution < -0.4 is 5.73 Å². The molecule has 100 valence electrons. The topological polar surface area (TPSA) is 55.6 Å². The first-order valence-electron chi connectivity index (χ1n) is 6.52. The minimum Gasteiger partial charge on any atom is -0.369 e. The Morgan fingerprint density at radius 3 is 2.35 bits per heavy atom. The number of nitrogens with zero attached hydrogens (tertiary/aromatic N) is 1. The zero-order chi connectivity index (χ0) is 13.1. The first-order chi connectivity index (χ1) is 7.94. The maximum atomic E-state index is 12.4. The number of nitrogens with two attached hydrogens (primary N) is 1. The summed E-state index contributed by atoms with van der Waals surface area (Å²) in [5.41, 5.74) is 5.20. The highest BCUT2D eigenvalue weighted by Gasteiger charge is 2.36. The fourth-order valence-corrected chi connectivity index (χ4v) is 2.41. The second-order valence-corrected chi connectivity index (χ2v) is 5.27. The summed E-state index contributed by atoms with van der Waals surface area (Å²) in [5, 5.41) is 0. The van der Waals surface area contributed by atoms with Crippen LogP contribution in [0.4, 0.5) is 0 Å². The molecule has 1 rings (SSSR count). The molecule has 0 saturated heterocycles. The summed E-state index contributed by atoms with van der Waals surface area (Å²) >= 11 is 0. The number of amides is 1. The highest BCUT2D eigenvalue weighted by atomic mass is 16.5. The van der Waals surface area contributed by atoms with Gasteiger partial charge in [0, 0.05) is 26.2 Å². The highest BCUT2D eigenvalue weighted by Crippen LogP contribution is 2.25. The minimum absolute atomic E-state index is 0.0861. The van der Waals surface area contributed by atoms with E-state index in [1.807, 2.05) is 25.8 Å². The van der Waals surface area contributed by atoms with Gasteiger partial charge in [0.05, 0.1) is 0 Å².